The van der Waals surface area contributed by atoms with Gasteiger partial charge in [-0.3, -0.25) is 9.67 Å². The fourth-order valence-electron chi connectivity index (χ4n) is 3.26. The Hall–Kier alpha value is -3.70. The maximum absolute atomic E-state index is 9.49. The van der Waals surface area contributed by atoms with E-state index in [0.717, 1.165) is 22.6 Å². The molecule has 4 aromatic rings. The van der Waals surface area contributed by atoms with Crippen molar-refractivity contribution in [2.45, 2.75) is 33.4 Å². The summed E-state index contributed by atoms with van der Waals surface area (Å²) in [6.45, 7) is 6.64. The molecule has 8 heteroatoms. The third kappa shape index (κ3) is 4.57. The zero-order valence-corrected chi connectivity index (χ0v) is 18.5. The number of rotatable bonds is 6. The van der Waals surface area contributed by atoms with Gasteiger partial charge >= 0.3 is 0 Å². The Kier molecular flexibility index (Phi) is 7.00. The van der Waals surface area contributed by atoms with Gasteiger partial charge in [-0.2, -0.15) is 15.5 Å². The molecular formula is C23H27N7O. The number of nitrogens with zero attached hydrogens (tertiary/aromatic N) is 6. The quantitative estimate of drug-likeness (QED) is 0.512. The number of aryl methyl sites for hydroxylation is 1. The highest BCUT2D eigenvalue weighted by molar-refractivity contribution is 5.74. The number of aromatic nitrogens is 5. The predicted octanol–water partition coefficient (Wildman–Crippen LogP) is 3.89. The zero-order valence-electron chi connectivity index (χ0n) is 18.5. The molecule has 0 amide bonds. The molecule has 1 unspecified atom stereocenters. The lowest BCUT2D eigenvalue weighted by atomic mass is 10.1. The fourth-order valence-corrected chi connectivity index (χ4v) is 3.26. The molecule has 0 saturated heterocycles. The zero-order chi connectivity index (χ0) is 22.4. The minimum atomic E-state index is -0.291. The van der Waals surface area contributed by atoms with Crippen LogP contribution in [0.5, 0.6) is 5.75 Å². The molecule has 160 valence electrons. The van der Waals surface area contributed by atoms with Crippen molar-refractivity contribution in [2.75, 3.05) is 7.05 Å². The minimum absolute atomic E-state index is 0.291. The van der Waals surface area contributed by atoms with Gasteiger partial charge in [-0.25, -0.2) is 4.52 Å². The second kappa shape index (κ2) is 9.87. The van der Waals surface area contributed by atoms with Crippen LogP contribution in [-0.4, -0.2) is 31.4 Å². The van der Waals surface area contributed by atoms with Gasteiger partial charge in [0.1, 0.15) is 29.0 Å². The topological polar surface area (TPSA) is 93.1 Å². The number of nitrogens with one attached hydrogen (secondary N) is 1. The van der Waals surface area contributed by atoms with Crippen molar-refractivity contribution in [1.82, 2.24) is 29.7 Å². The normalized spacial score (nSPS) is 11.5. The van der Waals surface area contributed by atoms with E-state index in [1.54, 1.807) is 16.9 Å². The van der Waals surface area contributed by atoms with E-state index >= 15 is 0 Å². The van der Waals surface area contributed by atoms with Crippen molar-refractivity contribution < 1.29 is 4.74 Å². The largest absolute Gasteiger partial charge is 0.482 e. The van der Waals surface area contributed by atoms with E-state index in [1.807, 2.05) is 76.1 Å². The van der Waals surface area contributed by atoms with Crippen molar-refractivity contribution in [1.29, 1.82) is 5.26 Å². The van der Waals surface area contributed by atoms with Crippen LogP contribution in [0.3, 0.4) is 0 Å². The van der Waals surface area contributed by atoms with Gasteiger partial charge in [-0.1, -0.05) is 19.9 Å². The van der Waals surface area contributed by atoms with E-state index in [4.69, 9.17) is 4.74 Å². The summed E-state index contributed by atoms with van der Waals surface area (Å²) in [5.74, 6) is 0.565. The van der Waals surface area contributed by atoms with Crippen molar-refractivity contribution in [3.63, 3.8) is 0 Å². The number of fused-ring (bicyclic) bond motifs is 1. The Balaban J connectivity index is 0.00000132. The van der Waals surface area contributed by atoms with Crippen LogP contribution in [0.1, 0.15) is 43.8 Å². The summed E-state index contributed by atoms with van der Waals surface area (Å²) >= 11 is 0. The highest BCUT2D eigenvalue weighted by Crippen LogP contribution is 2.32. The molecule has 4 aromatic heterocycles. The molecule has 1 N–H and O–H groups in total. The molecule has 31 heavy (non-hydrogen) atoms. The van der Waals surface area contributed by atoms with E-state index in [2.05, 4.69) is 26.6 Å². The van der Waals surface area contributed by atoms with Gasteiger partial charge in [0.25, 0.3) is 0 Å². The number of hydrogen-bond acceptors (Lipinski definition) is 6. The SMILES string of the molecule is CC.CNCc1cc(-c2cc(OC(C)c3ccccn3)c3c(C#N)cnn3c2)nn1C. The van der Waals surface area contributed by atoms with E-state index in [1.165, 1.54) is 0 Å². The standard InChI is InChI=1S/C21H21N7O.C2H6/c1-14(18-6-4-5-7-24-18)29-20-8-15(13-28-21(20)16(10-22)11-25-28)19-9-17(12-23-2)27(3)26-19;1-2/h4-9,11,13-14,23H,12H2,1-3H3;1-2H3. The summed E-state index contributed by atoms with van der Waals surface area (Å²) in [6.07, 6.45) is 4.85. The Morgan fingerprint density at radius 1 is 1.26 bits per heavy atom. The lowest BCUT2D eigenvalue weighted by molar-refractivity contribution is 0.224. The summed E-state index contributed by atoms with van der Waals surface area (Å²) < 4.78 is 9.75. The molecule has 8 nitrogen and oxygen atoms in total. The smallest absolute Gasteiger partial charge is 0.148 e. The van der Waals surface area contributed by atoms with Crippen molar-refractivity contribution in [3.8, 4) is 23.1 Å². The predicted molar refractivity (Wildman–Crippen MR) is 120 cm³/mol. The monoisotopic (exact) mass is 417 g/mol. The summed E-state index contributed by atoms with van der Waals surface area (Å²) in [5.41, 5.74) is 4.62. The summed E-state index contributed by atoms with van der Waals surface area (Å²) in [6, 6.07) is 11.8. The van der Waals surface area contributed by atoms with Gasteiger partial charge in [0, 0.05) is 31.5 Å². The molecule has 0 aliphatic carbocycles. The van der Waals surface area contributed by atoms with Crippen LogP contribution >= 0.6 is 0 Å². The molecule has 0 aliphatic rings. The maximum Gasteiger partial charge on any atom is 0.148 e. The molecule has 0 bridgehead atoms. The van der Waals surface area contributed by atoms with Gasteiger partial charge in [-0.15, -0.1) is 0 Å². The van der Waals surface area contributed by atoms with Crippen LogP contribution in [0.25, 0.3) is 16.8 Å². The van der Waals surface area contributed by atoms with Crippen LogP contribution in [0.2, 0.25) is 0 Å². The molecule has 4 heterocycles. The Labute approximate surface area is 182 Å². The molecular weight excluding hydrogens is 390 g/mol. The molecule has 0 aliphatic heterocycles. The number of hydrogen-bond donors (Lipinski definition) is 1. The number of nitriles is 1. The van der Waals surface area contributed by atoms with Gasteiger partial charge in [-0.05, 0) is 38.2 Å². The third-order valence-corrected chi connectivity index (χ3v) is 4.74. The van der Waals surface area contributed by atoms with E-state index in [9.17, 15) is 5.26 Å². The molecule has 4 rings (SSSR count). The highest BCUT2D eigenvalue weighted by atomic mass is 16.5. The van der Waals surface area contributed by atoms with Gasteiger partial charge in [0.15, 0.2) is 0 Å². The van der Waals surface area contributed by atoms with Crippen LogP contribution < -0.4 is 10.1 Å². The molecule has 1 atom stereocenters. The summed E-state index contributed by atoms with van der Waals surface area (Å²) in [4.78, 5) is 4.37. The van der Waals surface area contributed by atoms with Crippen molar-refractivity contribution >= 4 is 5.52 Å². The van der Waals surface area contributed by atoms with Crippen LogP contribution in [-0.2, 0) is 13.6 Å². The van der Waals surface area contributed by atoms with Crippen molar-refractivity contribution in [3.05, 3.63) is 65.9 Å². The first-order valence-electron chi connectivity index (χ1n) is 10.3. The molecule has 0 spiro atoms. The van der Waals surface area contributed by atoms with Crippen LogP contribution in [0.15, 0.2) is 48.9 Å². The Morgan fingerprint density at radius 3 is 2.74 bits per heavy atom. The lowest BCUT2D eigenvalue weighted by Gasteiger charge is -2.16. The Bertz CT molecular complexity index is 1190. The first-order valence-corrected chi connectivity index (χ1v) is 10.3. The van der Waals surface area contributed by atoms with Crippen LogP contribution in [0, 0.1) is 11.3 Å². The average Bonchev–Trinajstić information content (AvgIpc) is 3.39. The molecule has 0 radical (unpaired) electrons. The molecule has 0 saturated carbocycles. The van der Waals surface area contributed by atoms with Crippen molar-refractivity contribution in [2.24, 2.45) is 7.05 Å². The fraction of sp³-hybridized carbons (Fsp3) is 0.304. The number of ether oxygens (including phenoxy) is 1. The van der Waals surface area contributed by atoms with E-state index in [-0.39, 0.29) is 6.10 Å². The van der Waals surface area contributed by atoms with Crippen LogP contribution in [0.4, 0.5) is 0 Å². The third-order valence-electron chi connectivity index (χ3n) is 4.74. The second-order valence-corrected chi connectivity index (χ2v) is 6.75. The number of pyridine rings is 2. The summed E-state index contributed by atoms with van der Waals surface area (Å²) in [7, 11) is 3.81. The highest BCUT2D eigenvalue weighted by Gasteiger charge is 2.18. The first-order chi connectivity index (χ1) is 15.1. The van der Waals surface area contributed by atoms with E-state index in [0.29, 0.717) is 23.4 Å². The molecule has 0 aromatic carbocycles. The first kappa shape index (κ1) is 22.0. The second-order valence-electron chi connectivity index (χ2n) is 6.75. The van der Waals surface area contributed by atoms with E-state index < -0.39 is 0 Å². The summed E-state index contributed by atoms with van der Waals surface area (Å²) in [5, 5.41) is 21.6. The van der Waals surface area contributed by atoms with Gasteiger partial charge < -0.3 is 10.1 Å². The molecule has 0 fully saturated rings. The van der Waals surface area contributed by atoms with Gasteiger partial charge in [0.2, 0.25) is 0 Å². The van der Waals surface area contributed by atoms with Gasteiger partial charge in [0.05, 0.1) is 23.3 Å². The Morgan fingerprint density at radius 2 is 2.06 bits per heavy atom. The minimum Gasteiger partial charge on any atom is -0.482 e. The average molecular weight is 418 g/mol. The maximum atomic E-state index is 9.49. The lowest BCUT2D eigenvalue weighted by Crippen LogP contribution is -2.09.